The molecule has 0 bridgehead atoms. The van der Waals surface area contributed by atoms with E-state index in [1.165, 1.54) is 11.1 Å². The molecule has 1 heterocycles. The van der Waals surface area contributed by atoms with E-state index < -0.39 is 0 Å². The van der Waals surface area contributed by atoms with Crippen LogP contribution in [0.1, 0.15) is 44.2 Å². The topological polar surface area (TPSA) is 31.4 Å². The van der Waals surface area contributed by atoms with Gasteiger partial charge >= 0.3 is 0 Å². The quantitative estimate of drug-likeness (QED) is 0.721. The average molecular weight is 331 g/mol. The van der Waals surface area contributed by atoms with Crippen molar-refractivity contribution in [2.45, 2.75) is 51.2 Å². The molecule has 2 rings (SSSR count). The number of hydrogen-bond acceptors (Lipinski definition) is 4. The maximum atomic E-state index is 5.87. The van der Waals surface area contributed by atoms with Gasteiger partial charge < -0.3 is 9.47 Å². The molecule has 0 fully saturated rings. The van der Waals surface area contributed by atoms with Gasteiger partial charge in [0.1, 0.15) is 11.9 Å². The molecule has 0 N–H and O–H groups in total. The second-order valence-corrected chi connectivity index (χ2v) is 6.53. The van der Waals surface area contributed by atoms with Crippen molar-refractivity contribution < 1.29 is 9.47 Å². The molecule has 3 nitrogen and oxygen atoms in total. The zero-order valence-corrected chi connectivity index (χ0v) is 15.1. The van der Waals surface area contributed by atoms with Gasteiger partial charge in [0.25, 0.3) is 0 Å². The Labute approximate surface area is 144 Å². The van der Waals surface area contributed by atoms with Gasteiger partial charge in [0.05, 0.1) is 11.6 Å². The Hall–Kier alpha value is -1.68. The van der Waals surface area contributed by atoms with E-state index in [0.717, 1.165) is 12.2 Å². The Kier molecular flexibility index (Phi) is 6.34. The highest BCUT2D eigenvalue weighted by atomic mass is 32.1. The maximum absolute atomic E-state index is 5.87. The van der Waals surface area contributed by atoms with Crippen LogP contribution < -0.4 is 9.47 Å². The Balaban J connectivity index is 1.83. The fourth-order valence-corrected chi connectivity index (χ4v) is 2.59. The molecule has 0 saturated carbocycles. The molecule has 0 saturated heterocycles. The number of pyridine rings is 1. The lowest BCUT2D eigenvalue weighted by molar-refractivity contribution is 0.170. The van der Waals surface area contributed by atoms with Gasteiger partial charge in [0.15, 0.2) is 0 Å². The second-order valence-electron chi connectivity index (χ2n) is 6.07. The second kappa shape index (κ2) is 8.25. The first-order valence-corrected chi connectivity index (χ1v) is 8.46. The number of aryl methyl sites for hydroxylation is 1. The maximum Gasteiger partial charge on any atom is 0.214 e. The predicted octanol–water partition coefficient (Wildman–Crippen LogP) is 5.04. The van der Waals surface area contributed by atoms with Gasteiger partial charge in [-0.3, -0.25) is 0 Å². The van der Waals surface area contributed by atoms with Crippen LogP contribution in [-0.2, 0) is 0 Å². The summed E-state index contributed by atoms with van der Waals surface area (Å²) in [5.74, 6) is 2.02. The zero-order chi connectivity index (χ0) is 16.8. The number of ether oxygens (including phenoxy) is 2. The lowest BCUT2D eigenvalue weighted by atomic mass is 9.98. The molecule has 0 spiro atoms. The molecule has 124 valence electrons. The van der Waals surface area contributed by atoms with Gasteiger partial charge in [0, 0.05) is 12.5 Å². The van der Waals surface area contributed by atoms with E-state index in [1.54, 1.807) is 0 Å². The Bertz CT molecular complexity index is 643. The lowest BCUT2D eigenvalue weighted by Gasteiger charge is -2.16. The zero-order valence-electron chi connectivity index (χ0n) is 14.2. The van der Waals surface area contributed by atoms with Crippen LogP contribution in [0.4, 0.5) is 0 Å². The van der Waals surface area contributed by atoms with Gasteiger partial charge in [0.2, 0.25) is 5.88 Å². The van der Waals surface area contributed by atoms with Gasteiger partial charge in [-0.2, -0.15) is 0 Å². The fourth-order valence-electron chi connectivity index (χ4n) is 2.41. The summed E-state index contributed by atoms with van der Waals surface area (Å²) < 4.78 is 11.6. The summed E-state index contributed by atoms with van der Waals surface area (Å²) in [6.07, 6.45) is 0.830. The van der Waals surface area contributed by atoms with Crippen molar-refractivity contribution in [3.05, 3.63) is 47.5 Å². The number of rotatable bonds is 7. The third-order valence-electron chi connectivity index (χ3n) is 3.70. The van der Waals surface area contributed by atoms with Crippen molar-refractivity contribution in [3.8, 4) is 11.6 Å². The molecular weight excluding hydrogens is 306 g/mol. The number of nitrogens with zero attached hydrogens (tertiary/aromatic N) is 1. The monoisotopic (exact) mass is 331 g/mol. The molecule has 4 heteroatoms. The molecule has 23 heavy (non-hydrogen) atoms. The molecule has 2 aromatic rings. The summed E-state index contributed by atoms with van der Waals surface area (Å²) in [6.45, 7) is 9.17. The summed E-state index contributed by atoms with van der Waals surface area (Å²) in [6, 6.07) is 11.8. The normalized spacial score (nSPS) is 12.3. The standard InChI is InChI=1S/C19H25NO2S/c1-13(2)17-12-16(9-8-14(17)3)21-11-10-15(4)22-18-6-5-7-19(23)20-18/h5-9,12-13,15H,10-11H2,1-4H3,(H,20,23). The minimum atomic E-state index is 0.0349. The van der Waals surface area contributed by atoms with E-state index in [2.05, 4.69) is 50.5 Å². The fraction of sp³-hybridized carbons (Fsp3) is 0.421. The summed E-state index contributed by atoms with van der Waals surface area (Å²) >= 11 is 4.21. The number of benzene rings is 1. The van der Waals surface area contributed by atoms with Gasteiger partial charge in [-0.05, 0) is 49.1 Å². The van der Waals surface area contributed by atoms with E-state index in [0.29, 0.717) is 23.4 Å². The van der Waals surface area contributed by atoms with Crippen molar-refractivity contribution in [1.82, 2.24) is 4.98 Å². The Morgan fingerprint density at radius 3 is 2.61 bits per heavy atom. The Morgan fingerprint density at radius 1 is 1.13 bits per heavy atom. The predicted molar refractivity (Wildman–Crippen MR) is 97.0 cm³/mol. The largest absolute Gasteiger partial charge is 0.493 e. The van der Waals surface area contributed by atoms with Crippen LogP contribution in [0.3, 0.4) is 0 Å². The third-order valence-corrected chi connectivity index (χ3v) is 3.95. The first-order chi connectivity index (χ1) is 11.0. The summed E-state index contributed by atoms with van der Waals surface area (Å²) in [5.41, 5.74) is 2.64. The van der Waals surface area contributed by atoms with Crippen LogP contribution in [0.5, 0.6) is 11.6 Å². The molecule has 0 amide bonds. The van der Waals surface area contributed by atoms with Crippen LogP contribution in [-0.4, -0.2) is 17.7 Å². The minimum Gasteiger partial charge on any atom is -0.493 e. The van der Waals surface area contributed by atoms with Gasteiger partial charge in [-0.1, -0.05) is 26.0 Å². The van der Waals surface area contributed by atoms with Gasteiger partial charge in [-0.15, -0.1) is 12.6 Å². The van der Waals surface area contributed by atoms with E-state index in [-0.39, 0.29) is 6.10 Å². The van der Waals surface area contributed by atoms with E-state index in [1.807, 2.05) is 31.2 Å². The summed E-state index contributed by atoms with van der Waals surface area (Å²) in [7, 11) is 0. The lowest BCUT2D eigenvalue weighted by Crippen LogP contribution is -2.16. The molecule has 0 aliphatic carbocycles. The van der Waals surface area contributed by atoms with Crippen LogP contribution in [0.2, 0.25) is 0 Å². The SMILES string of the molecule is Cc1ccc(OCCC(C)Oc2cccc(S)n2)cc1C(C)C. The van der Waals surface area contributed by atoms with Crippen molar-refractivity contribution in [1.29, 1.82) is 0 Å². The first kappa shape index (κ1) is 17.7. The molecule has 0 radical (unpaired) electrons. The number of hydrogen-bond donors (Lipinski definition) is 1. The molecular formula is C19H25NO2S. The van der Waals surface area contributed by atoms with Gasteiger partial charge in [-0.25, -0.2) is 4.98 Å². The van der Waals surface area contributed by atoms with Crippen molar-refractivity contribution in [2.75, 3.05) is 6.61 Å². The van der Waals surface area contributed by atoms with Crippen molar-refractivity contribution >= 4 is 12.6 Å². The van der Waals surface area contributed by atoms with Crippen LogP contribution in [0.15, 0.2) is 41.4 Å². The van der Waals surface area contributed by atoms with Crippen molar-refractivity contribution in [2.24, 2.45) is 0 Å². The number of aromatic nitrogens is 1. The van der Waals surface area contributed by atoms with E-state index in [9.17, 15) is 0 Å². The highest BCUT2D eigenvalue weighted by molar-refractivity contribution is 7.80. The first-order valence-electron chi connectivity index (χ1n) is 8.01. The summed E-state index contributed by atoms with van der Waals surface area (Å²) in [5, 5.41) is 0.659. The van der Waals surface area contributed by atoms with Crippen LogP contribution >= 0.6 is 12.6 Å². The van der Waals surface area contributed by atoms with Crippen LogP contribution in [0, 0.1) is 6.92 Å². The molecule has 1 aromatic heterocycles. The summed E-state index contributed by atoms with van der Waals surface area (Å²) in [4.78, 5) is 4.22. The molecule has 1 aromatic carbocycles. The highest BCUT2D eigenvalue weighted by Gasteiger charge is 2.08. The van der Waals surface area contributed by atoms with E-state index >= 15 is 0 Å². The highest BCUT2D eigenvalue weighted by Crippen LogP contribution is 2.24. The molecule has 0 aliphatic heterocycles. The molecule has 1 atom stereocenters. The third kappa shape index (κ3) is 5.47. The van der Waals surface area contributed by atoms with E-state index in [4.69, 9.17) is 9.47 Å². The average Bonchev–Trinajstić information content (AvgIpc) is 2.48. The van der Waals surface area contributed by atoms with Crippen molar-refractivity contribution in [3.63, 3.8) is 0 Å². The smallest absolute Gasteiger partial charge is 0.214 e. The minimum absolute atomic E-state index is 0.0349. The Morgan fingerprint density at radius 2 is 1.91 bits per heavy atom. The molecule has 1 unspecified atom stereocenters. The molecule has 0 aliphatic rings. The van der Waals surface area contributed by atoms with Crippen LogP contribution in [0.25, 0.3) is 0 Å². The number of thiol groups is 1.